The fourth-order valence-corrected chi connectivity index (χ4v) is 3.13. The molecule has 0 bridgehead atoms. The van der Waals surface area contributed by atoms with Crippen LogP contribution in [0.15, 0.2) is 42.5 Å². The number of rotatable bonds is 16. The van der Waals surface area contributed by atoms with E-state index < -0.39 is 11.9 Å². The van der Waals surface area contributed by atoms with Gasteiger partial charge in [0.2, 0.25) is 0 Å². The van der Waals surface area contributed by atoms with Crippen LogP contribution in [0.5, 0.6) is 0 Å². The zero-order valence-corrected chi connectivity index (χ0v) is 23.7. The number of allylic oxidation sites excluding steroid dienone is 2. The number of carbonyl (C=O) groups excluding carboxylic acids is 2. The van der Waals surface area contributed by atoms with Crippen LogP contribution in [0.4, 0.5) is 0 Å². The molecule has 1 aromatic rings. The van der Waals surface area contributed by atoms with Gasteiger partial charge in [-0.25, -0.2) is 4.79 Å². The molecule has 0 atom stereocenters. The van der Waals surface area contributed by atoms with E-state index in [2.05, 4.69) is 19.1 Å². The molecule has 30 heavy (non-hydrogen) atoms. The molecule has 0 unspecified atom stereocenters. The minimum absolute atomic E-state index is 0. The van der Waals surface area contributed by atoms with Gasteiger partial charge >= 0.3 is 71.1 Å². The SMILES string of the molecule is CCCCCCCC/C=C\CCCCCCCC(=O)OC(=O)c1ccccc1.[H-].[H-].[Na+].[Na+]. The summed E-state index contributed by atoms with van der Waals surface area (Å²) in [5.41, 5.74) is 0.417. The first-order valence-corrected chi connectivity index (χ1v) is 11.2. The van der Waals surface area contributed by atoms with E-state index in [4.69, 9.17) is 4.74 Å². The van der Waals surface area contributed by atoms with Crippen molar-refractivity contribution in [2.75, 3.05) is 0 Å². The Labute approximate surface area is 231 Å². The Hall–Kier alpha value is 0.100. The summed E-state index contributed by atoms with van der Waals surface area (Å²) in [4.78, 5) is 23.5. The molecule has 1 aromatic carbocycles. The topological polar surface area (TPSA) is 43.4 Å². The van der Waals surface area contributed by atoms with E-state index in [-0.39, 0.29) is 62.0 Å². The minimum Gasteiger partial charge on any atom is -1.00 e. The summed E-state index contributed by atoms with van der Waals surface area (Å²) >= 11 is 0. The second-order valence-electron chi connectivity index (χ2n) is 7.46. The average molecular weight is 435 g/mol. The van der Waals surface area contributed by atoms with Gasteiger partial charge in [-0.15, -0.1) is 0 Å². The van der Waals surface area contributed by atoms with Crippen molar-refractivity contribution in [2.45, 2.75) is 96.8 Å². The molecular weight excluding hydrogens is 394 g/mol. The molecule has 0 amide bonds. The van der Waals surface area contributed by atoms with Crippen LogP contribution in [0.1, 0.15) is 110 Å². The van der Waals surface area contributed by atoms with E-state index in [1.807, 2.05) is 6.07 Å². The molecule has 1 rings (SSSR count). The Balaban J connectivity index is -0.000000980. The van der Waals surface area contributed by atoms with Gasteiger partial charge in [-0.1, -0.05) is 88.6 Å². The molecule has 5 heteroatoms. The van der Waals surface area contributed by atoms with E-state index in [0.717, 1.165) is 25.7 Å². The van der Waals surface area contributed by atoms with Gasteiger partial charge < -0.3 is 7.59 Å². The first-order chi connectivity index (χ1) is 13.7. The second-order valence-corrected chi connectivity index (χ2v) is 7.46. The van der Waals surface area contributed by atoms with Crippen molar-refractivity contribution in [2.24, 2.45) is 0 Å². The standard InChI is InChI=1S/C25H38O3.2Na.2H/c1-2-3-4-5-6-7-8-9-10-11-12-13-14-15-19-22-24(26)28-25(27)23-20-17-16-18-21-23;;;;/h9-10,16-18,20-21H,2-8,11-15,19,22H2,1H3;;;;/q;2*+1;2*-1/b10-9-;;;;. The zero-order chi connectivity index (χ0) is 20.3. The number of ether oxygens (including phenoxy) is 1. The summed E-state index contributed by atoms with van der Waals surface area (Å²) in [5.74, 6) is -0.982. The number of esters is 2. The van der Waals surface area contributed by atoms with Crippen molar-refractivity contribution in [3.05, 3.63) is 48.0 Å². The Morgan fingerprint density at radius 2 is 1.27 bits per heavy atom. The Bertz CT molecular complexity index is 570. The predicted octanol–water partition coefficient (Wildman–Crippen LogP) is 1.64. The fraction of sp³-hybridized carbons (Fsp3) is 0.600. The quantitative estimate of drug-likeness (QED) is 0.131. The van der Waals surface area contributed by atoms with Crippen molar-refractivity contribution in [1.29, 1.82) is 0 Å². The van der Waals surface area contributed by atoms with Crippen LogP contribution in [0.2, 0.25) is 0 Å². The van der Waals surface area contributed by atoms with Gasteiger partial charge in [-0.2, -0.15) is 0 Å². The maximum atomic E-state index is 11.8. The molecule has 0 saturated heterocycles. The maximum absolute atomic E-state index is 11.8. The Morgan fingerprint density at radius 1 is 0.767 bits per heavy atom. The molecule has 0 N–H and O–H groups in total. The molecule has 0 aliphatic rings. The minimum atomic E-state index is -0.557. The van der Waals surface area contributed by atoms with Gasteiger partial charge in [0.1, 0.15) is 0 Å². The van der Waals surface area contributed by atoms with Crippen molar-refractivity contribution >= 4 is 11.9 Å². The molecule has 160 valence electrons. The summed E-state index contributed by atoms with van der Waals surface area (Å²) in [5, 5.41) is 0. The van der Waals surface area contributed by atoms with Crippen LogP contribution in [0, 0.1) is 0 Å². The number of hydrogen-bond donors (Lipinski definition) is 0. The fourth-order valence-electron chi connectivity index (χ4n) is 3.13. The van der Waals surface area contributed by atoms with Gasteiger partial charge in [0.05, 0.1) is 5.56 Å². The Kier molecular flexibility index (Phi) is 25.6. The molecule has 0 fully saturated rings. The smallest absolute Gasteiger partial charge is 1.00 e. The van der Waals surface area contributed by atoms with Crippen LogP contribution in [-0.4, -0.2) is 11.9 Å². The summed E-state index contributed by atoms with van der Waals surface area (Å²) in [7, 11) is 0. The summed E-state index contributed by atoms with van der Waals surface area (Å²) < 4.78 is 4.87. The van der Waals surface area contributed by atoms with Crippen molar-refractivity contribution < 1.29 is 76.3 Å². The Morgan fingerprint density at radius 3 is 1.83 bits per heavy atom. The number of unbranched alkanes of at least 4 members (excludes halogenated alkanes) is 11. The van der Waals surface area contributed by atoms with E-state index >= 15 is 0 Å². The van der Waals surface area contributed by atoms with E-state index in [1.54, 1.807) is 24.3 Å². The van der Waals surface area contributed by atoms with Crippen LogP contribution >= 0.6 is 0 Å². The summed E-state index contributed by atoms with van der Waals surface area (Å²) in [6.07, 6.45) is 20.8. The molecule has 0 radical (unpaired) electrons. The largest absolute Gasteiger partial charge is 1.00 e. The molecule has 0 saturated carbocycles. The van der Waals surface area contributed by atoms with Crippen molar-refractivity contribution in [1.82, 2.24) is 0 Å². The van der Waals surface area contributed by atoms with Crippen molar-refractivity contribution in [3.63, 3.8) is 0 Å². The second kappa shape index (κ2) is 23.8. The predicted molar refractivity (Wildman–Crippen MR) is 119 cm³/mol. The summed E-state index contributed by atoms with van der Waals surface area (Å²) in [6.45, 7) is 2.26. The molecule has 0 aliphatic heterocycles. The number of carbonyl (C=O) groups is 2. The molecule has 0 aromatic heterocycles. The third-order valence-electron chi connectivity index (χ3n) is 4.86. The van der Waals surface area contributed by atoms with Gasteiger partial charge in [-0.05, 0) is 44.2 Å². The first-order valence-electron chi connectivity index (χ1n) is 11.2. The van der Waals surface area contributed by atoms with E-state index in [0.29, 0.717) is 12.0 Å². The molecular formula is C25H40Na2O3. The normalized spacial score (nSPS) is 10.3. The van der Waals surface area contributed by atoms with Crippen LogP contribution < -0.4 is 59.1 Å². The van der Waals surface area contributed by atoms with E-state index in [9.17, 15) is 9.59 Å². The van der Waals surface area contributed by atoms with Gasteiger partial charge in [-0.3, -0.25) is 4.79 Å². The summed E-state index contributed by atoms with van der Waals surface area (Å²) in [6, 6.07) is 8.63. The zero-order valence-electron chi connectivity index (χ0n) is 21.7. The maximum Gasteiger partial charge on any atom is 1.00 e. The van der Waals surface area contributed by atoms with Gasteiger partial charge in [0.25, 0.3) is 0 Å². The molecule has 0 aliphatic carbocycles. The first kappa shape index (κ1) is 32.3. The van der Waals surface area contributed by atoms with Crippen molar-refractivity contribution in [3.8, 4) is 0 Å². The van der Waals surface area contributed by atoms with Gasteiger partial charge in [0, 0.05) is 6.42 Å². The average Bonchev–Trinajstić information content (AvgIpc) is 2.71. The monoisotopic (exact) mass is 434 g/mol. The number of hydrogen-bond acceptors (Lipinski definition) is 3. The van der Waals surface area contributed by atoms with Crippen LogP contribution in [0.3, 0.4) is 0 Å². The number of benzene rings is 1. The van der Waals surface area contributed by atoms with Crippen LogP contribution in [-0.2, 0) is 9.53 Å². The third kappa shape index (κ3) is 18.8. The molecule has 0 spiro atoms. The third-order valence-corrected chi connectivity index (χ3v) is 4.86. The van der Waals surface area contributed by atoms with E-state index in [1.165, 1.54) is 57.8 Å². The van der Waals surface area contributed by atoms with Crippen LogP contribution in [0.25, 0.3) is 0 Å². The molecule has 0 heterocycles. The van der Waals surface area contributed by atoms with Gasteiger partial charge in [0.15, 0.2) is 0 Å². The molecule has 3 nitrogen and oxygen atoms in total.